The van der Waals surface area contributed by atoms with Gasteiger partial charge in [0.25, 0.3) is 10.0 Å². The van der Waals surface area contributed by atoms with E-state index in [1.54, 1.807) is 30.3 Å². The van der Waals surface area contributed by atoms with Gasteiger partial charge in [-0.25, -0.2) is 9.97 Å². The monoisotopic (exact) mass is 659 g/mol. The molecule has 1 unspecified atom stereocenters. The molecule has 1 aromatic heterocycles. The second-order valence-corrected chi connectivity index (χ2v) is 13.1. The smallest absolute Gasteiger partial charge is 0.279 e. The van der Waals surface area contributed by atoms with Crippen LogP contribution in [0.1, 0.15) is 23.6 Å². The number of hydrogen-bond acceptors (Lipinski definition) is 6. The predicted octanol–water partition coefficient (Wildman–Crippen LogP) is 8.34. The summed E-state index contributed by atoms with van der Waals surface area (Å²) >= 11 is 3.48. The fraction of sp³-hybridized carbons (Fsp3) is 0.0571. The molecule has 1 N–H and O–H groups in total. The van der Waals surface area contributed by atoms with Gasteiger partial charge in [0.05, 0.1) is 22.2 Å². The lowest BCUT2D eigenvalue weighted by Gasteiger charge is -2.23. The highest BCUT2D eigenvalue weighted by molar-refractivity contribution is 9.10. The molecule has 0 radical (unpaired) electrons. The number of hydrazone groups is 1. The molecule has 44 heavy (non-hydrogen) atoms. The van der Waals surface area contributed by atoms with Crippen molar-refractivity contribution in [2.75, 3.05) is 5.32 Å². The molecule has 2 heterocycles. The summed E-state index contributed by atoms with van der Waals surface area (Å²) in [5.41, 5.74) is 5.04. The largest absolute Gasteiger partial charge is 0.340 e. The third-order valence-electron chi connectivity index (χ3n) is 7.53. The molecule has 0 fully saturated rings. The number of nitrogens with zero attached hydrogens (tertiary/aromatic N) is 4. The van der Waals surface area contributed by atoms with Gasteiger partial charge in [0.1, 0.15) is 5.82 Å². The topological polar surface area (TPSA) is 87.5 Å². The van der Waals surface area contributed by atoms with Crippen molar-refractivity contribution < 1.29 is 8.42 Å². The Balaban J connectivity index is 1.21. The van der Waals surface area contributed by atoms with E-state index in [-0.39, 0.29) is 4.90 Å². The van der Waals surface area contributed by atoms with Gasteiger partial charge in [-0.1, -0.05) is 101 Å². The minimum atomic E-state index is -3.88. The van der Waals surface area contributed by atoms with Crippen molar-refractivity contribution in [3.8, 4) is 11.4 Å². The predicted molar refractivity (Wildman–Crippen MR) is 178 cm³/mol. The molecule has 0 aliphatic carbocycles. The summed E-state index contributed by atoms with van der Waals surface area (Å²) in [6.07, 6.45) is 0.442. The minimum Gasteiger partial charge on any atom is -0.340 e. The van der Waals surface area contributed by atoms with Crippen LogP contribution in [-0.4, -0.2) is 28.5 Å². The van der Waals surface area contributed by atoms with E-state index >= 15 is 0 Å². The van der Waals surface area contributed by atoms with Gasteiger partial charge >= 0.3 is 0 Å². The Kier molecular flexibility index (Phi) is 7.41. The molecule has 1 atom stereocenters. The van der Waals surface area contributed by atoms with E-state index in [0.29, 0.717) is 23.8 Å². The van der Waals surface area contributed by atoms with Gasteiger partial charge in [-0.3, -0.25) is 0 Å². The summed E-state index contributed by atoms with van der Waals surface area (Å²) in [5, 5.41) is 9.08. The Hall–Kier alpha value is -4.86. The van der Waals surface area contributed by atoms with Gasteiger partial charge in [0.2, 0.25) is 0 Å². The Morgan fingerprint density at radius 2 is 1.36 bits per heavy atom. The molecule has 216 valence electrons. The third-order valence-corrected chi connectivity index (χ3v) is 9.76. The van der Waals surface area contributed by atoms with Crippen molar-refractivity contribution in [2.24, 2.45) is 5.10 Å². The minimum absolute atomic E-state index is 0.207. The molecule has 0 bridgehead atoms. The van der Waals surface area contributed by atoms with E-state index in [1.807, 2.05) is 103 Å². The number of hydrogen-bond donors (Lipinski definition) is 1. The molecular formula is C35H26BrN5O2S. The maximum Gasteiger partial charge on any atom is 0.279 e. The number of sulfonamides is 1. The van der Waals surface area contributed by atoms with E-state index in [4.69, 9.17) is 15.1 Å². The Bertz CT molecular complexity index is 2090. The third kappa shape index (κ3) is 5.47. The Morgan fingerprint density at radius 3 is 2.09 bits per heavy atom. The molecule has 1 aliphatic heterocycles. The number of rotatable bonds is 7. The summed E-state index contributed by atoms with van der Waals surface area (Å²) < 4.78 is 29.7. The maximum atomic E-state index is 13.7. The number of nitrogens with one attached hydrogen (secondary N) is 1. The van der Waals surface area contributed by atoms with Crippen LogP contribution in [0.3, 0.4) is 0 Å². The zero-order chi connectivity index (χ0) is 30.1. The lowest BCUT2D eigenvalue weighted by atomic mass is 9.99. The van der Waals surface area contributed by atoms with Crippen LogP contribution in [0.2, 0.25) is 0 Å². The maximum absolute atomic E-state index is 13.7. The van der Waals surface area contributed by atoms with Gasteiger partial charge in [0, 0.05) is 27.5 Å². The van der Waals surface area contributed by atoms with Crippen LogP contribution in [0.4, 0.5) is 11.5 Å². The van der Waals surface area contributed by atoms with Crippen LogP contribution in [-0.2, 0) is 10.0 Å². The number of anilines is 2. The van der Waals surface area contributed by atoms with Crippen LogP contribution in [0.15, 0.2) is 148 Å². The number of para-hydroxylation sites is 1. The zero-order valence-electron chi connectivity index (χ0n) is 23.4. The number of fused-ring (bicyclic) bond motifs is 1. The van der Waals surface area contributed by atoms with E-state index < -0.39 is 16.1 Å². The summed E-state index contributed by atoms with van der Waals surface area (Å²) in [7, 11) is -3.88. The van der Waals surface area contributed by atoms with Crippen molar-refractivity contribution in [3.63, 3.8) is 0 Å². The van der Waals surface area contributed by atoms with E-state index in [9.17, 15) is 8.42 Å². The molecule has 0 saturated heterocycles. The molecule has 0 amide bonds. The normalized spacial score (nSPS) is 14.9. The van der Waals surface area contributed by atoms with Crippen molar-refractivity contribution >= 4 is 54.1 Å². The molecule has 6 aromatic rings. The van der Waals surface area contributed by atoms with Crippen LogP contribution >= 0.6 is 15.9 Å². The van der Waals surface area contributed by atoms with Crippen LogP contribution in [0, 0.1) is 0 Å². The van der Waals surface area contributed by atoms with Crippen molar-refractivity contribution in [1.82, 2.24) is 14.4 Å². The first-order valence-electron chi connectivity index (χ1n) is 14.1. The molecule has 0 spiro atoms. The SMILES string of the molecule is O=S(=O)(c1ccccc1)N1N=C(c2ccc(Nc3nc(-c4ccccc4)nc4ccccc34)cc2)CC1c1ccc(Br)cc1. The Labute approximate surface area is 264 Å². The summed E-state index contributed by atoms with van der Waals surface area (Å²) in [4.78, 5) is 9.84. The highest BCUT2D eigenvalue weighted by atomic mass is 79.9. The fourth-order valence-corrected chi connectivity index (χ4v) is 7.01. The van der Waals surface area contributed by atoms with Crippen molar-refractivity contribution in [1.29, 1.82) is 0 Å². The first-order valence-corrected chi connectivity index (χ1v) is 16.3. The zero-order valence-corrected chi connectivity index (χ0v) is 25.8. The second-order valence-electron chi connectivity index (χ2n) is 10.4. The average Bonchev–Trinajstić information content (AvgIpc) is 3.53. The highest BCUT2D eigenvalue weighted by Gasteiger charge is 2.37. The molecule has 7 nitrogen and oxygen atoms in total. The van der Waals surface area contributed by atoms with Gasteiger partial charge < -0.3 is 5.32 Å². The van der Waals surface area contributed by atoms with Crippen molar-refractivity contribution in [3.05, 3.63) is 149 Å². The van der Waals surface area contributed by atoms with Gasteiger partial charge in [-0.2, -0.15) is 17.9 Å². The summed E-state index contributed by atoms with van der Waals surface area (Å²) in [6, 6.07) is 41.3. The van der Waals surface area contributed by atoms with Crippen LogP contribution in [0.5, 0.6) is 0 Å². The summed E-state index contributed by atoms with van der Waals surface area (Å²) in [5.74, 6) is 1.35. The van der Waals surface area contributed by atoms with E-state index in [1.165, 1.54) is 4.41 Å². The lowest BCUT2D eigenvalue weighted by molar-refractivity contribution is 0.371. The number of halogens is 1. The average molecular weight is 661 g/mol. The van der Waals surface area contributed by atoms with E-state index in [0.717, 1.165) is 37.8 Å². The quantitative estimate of drug-likeness (QED) is 0.186. The molecule has 5 aromatic carbocycles. The molecule has 1 aliphatic rings. The van der Waals surface area contributed by atoms with Crippen LogP contribution in [0.25, 0.3) is 22.3 Å². The van der Waals surface area contributed by atoms with E-state index in [2.05, 4.69) is 21.2 Å². The van der Waals surface area contributed by atoms with Gasteiger partial charge in [-0.05, 0) is 59.7 Å². The lowest BCUT2D eigenvalue weighted by Crippen LogP contribution is -2.27. The van der Waals surface area contributed by atoms with Crippen molar-refractivity contribution in [2.45, 2.75) is 17.4 Å². The first kappa shape index (κ1) is 27.9. The van der Waals surface area contributed by atoms with Crippen LogP contribution < -0.4 is 5.32 Å². The standard InChI is InChI=1S/C35H26BrN5O2S/c36-27-19-15-25(16-20-27)33-23-32(40-41(33)44(42,43)29-11-5-2-6-12-29)24-17-21-28(22-18-24)37-35-30-13-7-8-14-31(30)38-34(39-35)26-9-3-1-4-10-26/h1-22,33H,23H2,(H,37,38,39). The molecule has 9 heteroatoms. The number of benzene rings is 5. The van der Waals surface area contributed by atoms with Gasteiger partial charge in [0.15, 0.2) is 5.82 Å². The molecule has 7 rings (SSSR count). The molecule has 0 saturated carbocycles. The highest BCUT2D eigenvalue weighted by Crippen LogP contribution is 2.38. The fourth-order valence-electron chi connectivity index (χ4n) is 5.29. The Morgan fingerprint density at radius 1 is 0.705 bits per heavy atom. The second kappa shape index (κ2) is 11.7. The van der Waals surface area contributed by atoms with Gasteiger partial charge in [-0.15, -0.1) is 0 Å². The number of aromatic nitrogens is 2. The molecular weight excluding hydrogens is 634 g/mol. The first-order chi connectivity index (χ1) is 21.5. The summed E-state index contributed by atoms with van der Waals surface area (Å²) in [6.45, 7) is 0.